The maximum atomic E-state index is 12.1. The zero-order chi connectivity index (χ0) is 18.4. The van der Waals surface area contributed by atoms with Gasteiger partial charge in [0.15, 0.2) is 11.0 Å². The van der Waals surface area contributed by atoms with Gasteiger partial charge in [0.25, 0.3) is 0 Å². The van der Waals surface area contributed by atoms with Crippen LogP contribution >= 0.6 is 11.8 Å². The van der Waals surface area contributed by atoms with E-state index in [1.165, 1.54) is 24.6 Å². The largest absolute Gasteiger partial charge is 0.494 e. The first-order valence-corrected chi connectivity index (χ1v) is 10.3. The summed E-state index contributed by atoms with van der Waals surface area (Å²) in [5.74, 6) is 2.11. The third-order valence-corrected chi connectivity index (χ3v) is 5.48. The predicted octanol–water partition coefficient (Wildman–Crippen LogP) is 3.51. The van der Waals surface area contributed by atoms with Crippen LogP contribution in [0.5, 0.6) is 5.75 Å². The van der Waals surface area contributed by atoms with Gasteiger partial charge in [-0.05, 0) is 51.0 Å². The van der Waals surface area contributed by atoms with Crippen LogP contribution < -0.4 is 10.1 Å². The molecule has 1 amide bonds. The maximum Gasteiger partial charge on any atom is 0.230 e. The molecule has 0 bridgehead atoms. The molecule has 3 rings (SSSR count). The number of carbonyl (C=O) groups excluding carboxylic acids is 1. The molecule has 7 heteroatoms. The predicted molar refractivity (Wildman–Crippen MR) is 103 cm³/mol. The number of aromatic nitrogens is 3. The van der Waals surface area contributed by atoms with Gasteiger partial charge < -0.3 is 14.6 Å². The van der Waals surface area contributed by atoms with Crippen molar-refractivity contribution < 1.29 is 9.53 Å². The lowest BCUT2D eigenvalue weighted by atomic mass is 10.2. The molecule has 1 heterocycles. The van der Waals surface area contributed by atoms with Crippen molar-refractivity contribution in [2.45, 2.75) is 57.3 Å². The molecule has 1 fully saturated rings. The smallest absolute Gasteiger partial charge is 0.230 e. The average Bonchev–Trinajstić information content (AvgIpc) is 3.30. The van der Waals surface area contributed by atoms with Crippen molar-refractivity contribution in [2.75, 3.05) is 12.4 Å². The second-order valence-electron chi connectivity index (χ2n) is 6.35. The lowest BCUT2D eigenvalue weighted by Gasteiger charge is -2.12. The number of hydrogen-bond acceptors (Lipinski definition) is 5. The molecule has 1 aliphatic carbocycles. The van der Waals surface area contributed by atoms with Crippen molar-refractivity contribution in [3.63, 3.8) is 0 Å². The minimum Gasteiger partial charge on any atom is -0.494 e. The highest BCUT2D eigenvalue weighted by molar-refractivity contribution is 7.99. The van der Waals surface area contributed by atoms with E-state index >= 15 is 0 Å². The molecular weight excluding hydrogens is 348 g/mol. The Labute approximate surface area is 158 Å². The molecule has 1 N–H and O–H groups in total. The lowest BCUT2D eigenvalue weighted by Crippen LogP contribution is -2.33. The van der Waals surface area contributed by atoms with Gasteiger partial charge >= 0.3 is 0 Å². The number of hydrogen-bond donors (Lipinski definition) is 1. The molecule has 6 nitrogen and oxygen atoms in total. The minimum atomic E-state index is 0.0789. The van der Waals surface area contributed by atoms with Gasteiger partial charge in [-0.15, -0.1) is 10.2 Å². The summed E-state index contributed by atoms with van der Waals surface area (Å²) in [7, 11) is 0. The van der Waals surface area contributed by atoms with Crippen LogP contribution in [0.1, 0.15) is 39.5 Å². The molecule has 0 aliphatic heterocycles. The van der Waals surface area contributed by atoms with E-state index in [2.05, 4.69) is 22.4 Å². The van der Waals surface area contributed by atoms with Crippen LogP contribution in [0.2, 0.25) is 0 Å². The molecule has 0 radical (unpaired) electrons. The number of carbonyl (C=O) groups is 1. The molecule has 26 heavy (non-hydrogen) atoms. The van der Waals surface area contributed by atoms with E-state index in [-0.39, 0.29) is 5.91 Å². The molecular formula is C19H26N4O2S. The standard InChI is InChI=1S/C19H26N4O2S/c1-3-23-18(14-9-11-16(12-10-14)25-4-2)21-22-19(23)26-13-17(24)20-15-7-5-6-8-15/h9-12,15H,3-8,13H2,1-2H3,(H,20,24). The second kappa shape index (κ2) is 9.07. The Bertz CT molecular complexity index is 724. The van der Waals surface area contributed by atoms with Gasteiger partial charge in [0.1, 0.15) is 5.75 Å². The van der Waals surface area contributed by atoms with Gasteiger partial charge in [-0.3, -0.25) is 4.79 Å². The lowest BCUT2D eigenvalue weighted by molar-refractivity contribution is -0.119. The Morgan fingerprint density at radius 3 is 2.62 bits per heavy atom. The summed E-state index contributed by atoms with van der Waals surface area (Å²) in [6.45, 7) is 5.42. The summed E-state index contributed by atoms with van der Waals surface area (Å²) >= 11 is 1.44. The molecule has 1 saturated carbocycles. The first kappa shape index (κ1) is 18.8. The van der Waals surface area contributed by atoms with Crippen molar-refractivity contribution in [3.05, 3.63) is 24.3 Å². The third-order valence-electron chi connectivity index (χ3n) is 4.51. The normalized spacial score (nSPS) is 14.5. The number of benzene rings is 1. The highest BCUT2D eigenvalue weighted by atomic mass is 32.2. The van der Waals surface area contributed by atoms with E-state index < -0.39 is 0 Å². The Hall–Kier alpha value is -2.02. The fraction of sp³-hybridized carbons (Fsp3) is 0.526. The molecule has 2 aromatic rings. The Balaban J connectivity index is 1.64. The summed E-state index contributed by atoms with van der Waals surface area (Å²) < 4.78 is 7.53. The molecule has 0 unspecified atom stereocenters. The van der Waals surface area contributed by atoms with E-state index in [4.69, 9.17) is 4.74 Å². The summed E-state index contributed by atoms with van der Waals surface area (Å²) in [6, 6.07) is 8.21. The highest BCUT2D eigenvalue weighted by Crippen LogP contribution is 2.26. The Morgan fingerprint density at radius 2 is 1.96 bits per heavy atom. The third kappa shape index (κ3) is 4.58. The Kier molecular flexibility index (Phi) is 6.55. The average molecular weight is 375 g/mol. The van der Waals surface area contributed by atoms with Gasteiger partial charge in [-0.2, -0.15) is 0 Å². The van der Waals surface area contributed by atoms with Crippen LogP contribution in [-0.2, 0) is 11.3 Å². The number of ether oxygens (including phenoxy) is 1. The number of thioether (sulfide) groups is 1. The van der Waals surface area contributed by atoms with Gasteiger partial charge in [-0.1, -0.05) is 24.6 Å². The van der Waals surface area contributed by atoms with Crippen LogP contribution in [0.3, 0.4) is 0 Å². The number of nitrogens with one attached hydrogen (secondary N) is 1. The topological polar surface area (TPSA) is 69.0 Å². The first-order chi connectivity index (χ1) is 12.7. The van der Waals surface area contributed by atoms with Crippen LogP contribution in [-0.4, -0.2) is 39.1 Å². The van der Waals surface area contributed by atoms with Gasteiger partial charge in [0, 0.05) is 18.2 Å². The van der Waals surface area contributed by atoms with Crippen molar-refractivity contribution in [1.29, 1.82) is 0 Å². The minimum absolute atomic E-state index is 0.0789. The number of rotatable bonds is 8. The Morgan fingerprint density at radius 1 is 1.23 bits per heavy atom. The summed E-state index contributed by atoms with van der Waals surface area (Å²) in [5, 5.41) is 12.5. The molecule has 1 aromatic carbocycles. The fourth-order valence-electron chi connectivity index (χ4n) is 3.23. The zero-order valence-electron chi connectivity index (χ0n) is 15.4. The fourth-order valence-corrected chi connectivity index (χ4v) is 4.04. The van der Waals surface area contributed by atoms with E-state index in [9.17, 15) is 4.79 Å². The SMILES string of the molecule is CCOc1ccc(-c2nnc(SCC(=O)NC3CCCC3)n2CC)cc1. The highest BCUT2D eigenvalue weighted by Gasteiger charge is 2.19. The van der Waals surface area contributed by atoms with Crippen molar-refractivity contribution in [1.82, 2.24) is 20.1 Å². The number of amides is 1. The molecule has 1 aromatic heterocycles. The molecule has 1 aliphatic rings. The van der Waals surface area contributed by atoms with Crippen molar-refractivity contribution in [2.24, 2.45) is 0 Å². The van der Waals surface area contributed by atoms with E-state index in [0.717, 1.165) is 41.7 Å². The van der Waals surface area contributed by atoms with Crippen LogP contribution in [0.25, 0.3) is 11.4 Å². The quantitative estimate of drug-likeness (QED) is 0.716. The van der Waals surface area contributed by atoms with Crippen LogP contribution in [0.4, 0.5) is 0 Å². The first-order valence-electron chi connectivity index (χ1n) is 9.29. The summed E-state index contributed by atoms with van der Waals surface area (Å²) in [6.07, 6.45) is 4.63. The van der Waals surface area contributed by atoms with Gasteiger partial charge in [-0.25, -0.2) is 0 Å². The molecule has 0 saturated heterocycles. The van der Waals surface area contributed by atoms with E-state index in [0.29, 0.717) is 18.4 Å². The summed E-state index contributed by atoms with van der Waals surface area (Å²) in [5.41, 5.74) is 0.991. The van der Waals surface area contributed by atoms with Gasteiger partial charge in [0.05, 0.1) is 12.4 Å². The van der Waals surface area contributed by atoms with E-state index in [1.54, 1.807) is 0 Å². The zero-order valence-corrected chi connectivity index (χ0v) is 16.2. The van der Waals surface area contributed by atoms with E-state index in [1.807, 2.05) is 35.8 Å². The molecule has 0 spiro atoms. The molecule has 140 valence electrons. The van der Waals surface area contributed by atoms with Crippen molar-refractivity contribution in [3.8, 4) is 17.1 Å². The maximum absolute atomic E-state index is 12.1. The summed E-state index contributed by atoms with van der Waals surface area (Å²) in [4.78, 5) is 12.1. The monoisotopic (exact) mass is 374 g/mol. The van der Waals surface area contributed by atoms with Crippen molar-refractivity contribution >= 4 is 17.7 Å². The van der Waals surface area contributed by atoms with Crippen LogP contribution in [0.15, 0.2) is 29.4 Å². The van der Waals surface area contributed by atoms with Crippen LogP contribution in [0, 0.1) is 0 Å². The second-order valence-corrected chi connectivity index (χ2v) is 7.29. The molecule has 0 atom stereocenters. The number of nitrogens with zero attached hydrogens (tertiary/aromatic N) is 3. The van der Waals surface area contributed by atoms with Gasteiger partial charge in [0.2, 0.25) is 5.91 Å².